The number of sulfone groups is 1. The number of pyridine rings is 1. The van der Waals surface area contributed by atoms with Crippen molar-refractivity contribution in [1.82, 2.24) is 4.98 Å². The summed E-state index contributed by atoms with van der Waals surface area (Å²) in [6.07, 6.45) is 0. The van der Waals surface area contributed by atoms with Crippen LogP contribution in [0.5, 0.6) is 0 Å². The van der Waals surface area contributed by atoms with Crippen molar-refractivity contribution in [2.24, 2.45) is 0 Å². The summed E-state index contributed by atoms with van der Waals surface area (Å²) in [7, 11) is -3.77. The van der Waals surface area contributed by atoms with E-state index in [0.29, 0.717) is 10.8 Å². The Labute approximate surface area is 132 Å². The van der Waals surface area contributed by atoms with Gasteiger partial charge in [0.05, 0.1) is 4.90 Å². The lowest BCUT2D eigenvalue weighted by Gasteiger charge is -2.10. The summed E-state index contributed by atoms with van der Waals surface area (Å²) >= 11 is 12.1. The van der Waals surface area contributed by atoms with Crippen LogP contribution in [0.25, 0.3) is 10.8 Å². The van der Waals surface area contributed by atoms with Crippen LogP contribution < -0.4 is 0 Å². The Morgan fingerprint density at radius 2 is 1.33 bits per heavy atom. The molecule has 0 aliphatic rings. The minimum Gasteiger partial charge on any atom is -0.222 e. The number of rotatable bonds is 2. The van der Waals surface area contributed by atoms with E-state index in [4.69, 9.17) is 23.2 Å². The molecule has 0 unspecified atom stereocenters. The number of aromatic nitrogens is 1. The molecule has 0 N–H and O–H groups in total. The fourth-order valence-electron chi connectivity index (χ4n) is 2.14. The van der Waals surface area contributed by atoms with Crippen LogP contribution in [0, 0.1) is 0 Å². The first-order valence-corrected chi connectivity index (χ1v) is 8.29. The van der Waals surface area contributed by atoms with Gasteiger partial charge < -0.3 is 0 Å². The number of fused-ring (bicyclic) bond motifs is 1. The Morgan fingerprint density at radius 1 is 0.762 bits per heavy atom. The van der Waals surface area contributed by atoms with Gasteiger partial charge >= 0.3 is 0 Å². The lowest BCUT2D eigenvalue weighted by molar-refractivity contribution is 0.596. The zero-order valence-electron chi connectivity index (χ0n) is 10.6. The highest BCUT2D eigenvalue weighted by atomic mass is 35.5. The average molecular weight is 338 g/mol. The van der Waals surface area contributed by atoms with Gasteiger partial charge in [-0.1, -0.05) is 65.7 Å². The minimum absolute atomic E-state index is 0.0182. The highest BCUT2D eigenvalue weighted by Crippen LogP contribution is 2.35. The Bertz CT molecular complexity index is 925. The maximum absolute atomic E-state index is 12.8. The smallest absolute Gasteiger partial charge is 0.210 e. The van der Waals surface area contributed by atoms with E-state index in [1.807, 2.05) is 0 Å². The third kappa shape index (κ3) is 2.39. The Hall–Kier alpha value is -1.62. The van der Waals surface area contributed by atoms with Gasteiger partial charge in [-0.15, -0.1) is 0 Å². The lowest BCUT2D eigenvalue weighted by atomic mass is 10.2. The van der Waals surface area contributed by atoms with Gasteiger partial charge in [0.1, 0.15) is 15.2 Å². The zero-order chi connectivity index (χ0) is 15.0. The maximum atomic E-state index is 12.8. The first kappa shape index (κ1) is 14.3. The van der Waals surface area contributed by atoms with Crippen molar-refractivity contribution in [1.29, 1.82) is 0 Å². The first-order valence-electron chi connectivity index (χ1n) is 6.05. The molecule has 2 aromatic carbocycles. The second-order valence-corrected chi connectivity index (χ2v) is 6.99. The van der Waals surface area contributed by atoms with E-state index in [1.54, 1.807) is 42.5 Å². The van der Waals surface area contributed by atoms with Gasteiger partial charge in [-0.3, -0.25) is 0 Å². The summed E-state index contributed by atoms with van der Waals surface area (Å²) in [4.78, 5) is 4.09. The monoisotopic (exact) mass is 337 g/mol. The van der Waals surface area contributed by atoms with Crippen LogP contribution in [0.3, 0.4) is 0 Å². The van der Waals surface area contributed by atoms with Gasteiger partial charge in [0, 0.05) is 10.8 Å². The predicted octanol–water partition coefficient (Wildman–Crippen LogP) is 4.37. The Kier molecular flexibility index (Phi) is 3.61. The fraction of sp³-hybridized carbons (Fsp3) is 0. The molecule has 0 atom stereocenters. The third-order valence-electron chi connectivity index (χ3n) is 3.10. The summed E-state index contributed by atoms with van der Waals surface area (Å²) in [5, 5.41) is 1.08. The van der Waals surface area contributed by atoms with E-state index in [2.05, 4.69) is 4.98 Å². The van der Waals surface area contributed by atoms with Crippen LogP contribution >= 0.6 is 23.2 Å². The third-order valence-corrected chi connectivity index (χ3v) is 5.62. The van der Waals surface area contributed by atoms with Crippen molar-refractivity contribution in [3.8, 4) is 0 Å². The van der Waals surface area contributed by atoms with Gasteiger partial charge in [-0.05, 0) is 12.1 Å². The molecule has 0 spiro atoms. The van der Waals surface area contributed by atoms with Crippen molar-refractivity contribution in [3.05, 3.63) is 64.9 Å². The molecule has 0 aliphatic carbocycles. The van der Waals surface area contributed by atoms with E-state index in [9.17, 15) is 8.42 Å². The number of halogens is 2. The number of benzene rings is 2. The van der Waals surface area contributed by atoms with Gasteiger partial charge in [0.25, 0.3) is 0 Å². The van der Waals surface area contributed by atoms with E-state index in [1.165, 1.54) is 12.1 Å². The van der Waals surface area contributed by atoms with Gasteiger partial charge in [0.15, 0.2) is 0 Å². The summed E-state index contributed by atoms with van der Waals surface area (Å²) in [5.74, 6) is 0. The van der Waals surface area contributed by atoms with Crippen LogP contribution in [0.15, 0.2) is 64.4 Å². The largest absolute Gasteiger partial charge is 0.222 e. The fourth-order valence-corrected chi connectivity index (χ4v) is 4.41. The highest BCUT2D eigenvalue weighted by molar-refractivity contribution is 7.91. The molecular weight excluding hydrogens is 329 g/mol. The van der Waals surface area contributed by atoms with Gasteiger partial charge in [-0.25, -0.2) is 13.4 Å². The van der Waals surface area contributed by atoms with Crippen molar-refractivity contribution >= 4 is 43.8 Å². The number of hydrogen-bond donors (Lipinski definition) is 0. The molecule has 0 amide bonds. The maximum Gasteiger partial charge on any atom is 0.210 e. The molecule has 0 saturated heterocycles. The molecule has 106 valence electrons. The van der Waals surface area contributed by atoms with Crippen LogP contribution in [0.1, 0.15) is 0 Å². The molecule has 21 heavy (non-hydrogen) atoms. The molecule has 3 nitrogen and oxygen atoms in total. The quantitative estimate of drug-likeness (QED) is 0.652. The lowest BCUT2D eigenvalue weighted by Crippen LogP contribution is -2.05. The summed E-state index contributed by atoms with van der Waals surface area (Å²) in [6.45, 7) is 0. The minimum atomic E-state index is -3.77. The molecule has 0 radical (unpaired) electrons. The van der Waals surface area contributed by atoms with Crippen molar-refractivity contribution in [2.75, 3.05) is 0 Å². The standard InChI is InChI=1S/C15H9Cl2NO2S/c16-14-12-9-5-4-8-11(12)13(15(17)18-14)21(19,20)10-6-2-1-3-7-10/h1-9H. The van der Waals surface area contributed by atoms with E-state index in [-0.39, 0.29) is 20.1 Å². The van der Waals surface area contributed by atoms with Gasteiger partial charge in [-0.2, -0.15) is 0 Å². The van der Waals surface area contributed by atoms with E-state index in [0.717, 1.165) is 0 Å². The van der Waals surface area contributed by atoms with Crippen molar-refractivity contribution < 1.29 is 8.42 Å². The van der Waals surface area contributed by atoms with Crippen LogP contribution in [0.2, 0.25) is 10.3 Å². The summed E-state index contributed by atoms with van der Waals surface area (Å²) in [5.41, 5.74) is 0. The van der Waals surface area contributed by atoms with E-state index < -0.39 is 9.84 Å². The molecule has 0 aliphatic heterocycles. The summed E-state index contributed by atoms with van der Waals surface area (Å²) < 4.78 is 25.6. The van der Waals surface area contributed by atoms with Crippen LogP contribution in [-0.4, -0.2) is 13.4 Å². The van der Waals surface area contributed by atoms with Crippen LogP contribution in [0.4, 0.5) is 0 Å². The van der Waals surface area contributed by atoms with Crippen LogP contribution in [-0.2, 0) is 9.84 Å². The highest BCUT2D eigenvalue weighted by Gasteiger charge is 2.25. The predicted molar refractivity (Wildman–Crippen MR) is 83.7 cm³/mol. The molecular formula is C15H9Cl2NO2S. The second kappa shape index (κ2) is 5.30. The SMILES string of the molecule is O=S(=O)(c1ccccc1)c1c(Cl)nc(Cl)c2ccccc12. The molecule has 3 rings (SSSR count). The molecule has 0 bridgehead atoms. The van der Waals surface area contributed by atoms with Crippen molar-refractivity contribution in [3.63, 3.8) is 0 Å². The second-order valence-electron chi connectivity index (χ2n) is 4.38. The molecule has 1 aromatic heterocycles. The molecule has 0 saturated carbocycles. The van der Waals surface area contributed by atoms with E-state index >= 15 is 0 Å². The zero-order valence-corrected chi connectivity index (χ0v) is 13.0. The first-order chi connectivity index (χ1) is 10.0. The molecule has 1 heterocycles. The normalized spacial score (nSPS) is 11.7. The number of nitrogens with zero attached hydrogens (tertiary/aromatic N) is 1. The molecule has 0 fully saturated rings. The molecule has 6 heteroatoms. The van der Waals surface area contributed by atoms with Gasteiger partial charge in [0.2, 0.25) is 9.84 Å². The molecule has 3 aromatic rings. The topological polar surface area (TPSA) is 47.0 Å². The summed E-state index contributed by atoms with van der Waals surface area (Å²) in [6, 6.07) is 15.0. The average Bonchev–Trinajstić information content (AvgIpc) is 2.48. The Morgan fingerprint density at radius 3 is 2.00 bits per heavy atom. The number of hydrogen-bond acceptors (Lipinski definition) is 3. The van der Waals surface area contributed by atoms with Crippen molar-refractivity contribution in [2.45, 2.75) is 9.79 Å². The Balaban J connectivity index is 2.41.